The maximum absolute atomic E-state index is 5.55. The van der Waals surface area contributed by atoms with Gasteiger partial charge in [0.1, 0.15) is 11.6 Å². The Kier molecular flexibility index (Phi) is 2.72. The van der Waals surface area contributed by atoms with Crippen molar-refractivity contribution < 1.29 is 4.74 Å². The predicted octanol–water partition coefficient (Wildman–Crippen LogP) is 1.35. The fourth-order valence-corrected chi connectivity index (χ4v) is 1.29. The topological polar surface area (TPSA) is 64.9 Å². The number of anilines is 1. The molecule has 2 aromatic heterocycles. The molecule has 0 saturated carbocycles. The highest BCUT2D eigenvalue weighted by Crippen LogP contribution is 2.20. The van der Waals surface area contributed by atoms with Crippen LogP contribution < -0.4 is 10.1 Å². The molecule has 2 aromatic rings. The minimum Gasteiger partial charge on any atom is -0.436 e. The summed E-state index contributed by atoms with van der Waals surface area (Å²) in [6.45, 7) is 1.82. The zero-order valence-electron chi connectivity index (χ0n) is 9.43. The average molecular weight is 219 g/mol. The van der Waals surface area contributed by atoms with Gasteiger partial charge in [0.2, 0.25) is 5.88 Å². The van der Waals surface area contributed by atoms with Gasteiger partial charge in [-0.3, -0.25) is 4.68 Å². The molecule has 2 rings (SSSR count). The molecular weight excluding hydrogens is 206 g/mol. The molecule has 0 aliphatic rings. The van der Waals surface area contributed by atoms with Crippen molar-refractivity contribution in [3.8, 4) is 11.6 Å². The number of rotatable bonds is 3. The average Bonchev–Trinajstić information content (AvgIpc) is 2.63. The van der Waals surface area contributed by atoms with Crippen molar-refractivity contribution in [2.75, 3.05) is 12.4 Å². The molecule has 0 atom stereocenters. The van der Waals surface area contributed by atoms with E-state index in [2.05, 4.69) is 20.4 Å². The second-order valence-corrected chi connectivity index (χ2v) is 3.34. The van der Waals surface area contributed by atoms with E-state index in [1.165, 1.54) is 0 Å². The highest BCUT2D eigenvalue weighted by molar-refractivity contribution is 5.38. The number of ether oxygens (including phenoxy) is 1. The third-order valence-electron chi connectivity index (χ3n) is 1.97. The van der Waals surface area contributed by atoms with Gasteiger partial charge in [-0.2, -0.15) is 10.1 Å². The molecule has 1 N–H and O–H groups in total. The summed E-state index contributed by atoms with van der Waals surface area (Å²) in [5, 5.41) is 6.96. The molecule has 6 nitrogen and oxygen atoms in total. The monoisotopic (exact) mass is 219 g/mol. The minimum atomic E-state index is 0.504. The maximum atomic E-state index is 5.55. The van der Waals surface area contributed by atoms with E-state index in [9.17, 15) is 0 Å². The van der Waals surface area contributed by atoms with Gasteiger partial charge in [-0.05, 0) is 6.92 Å². The summed E-state index contributed by atoms with van der Waals surface area (Å²) in [4.78, 5) is 8.35. The van der Waals surface area contributed by atoms with Crippen molar-refractivity contribution in [1.29, 1.82) is 0 Å². The first-order valence-corrected chi connectivity index (χ1v) is 4.87. The molecular formula is C10H13N5O. The van der Waals surface area contributed by atoms with Gasteiger partial charge in [-0.15, -0.1) is 0 Å². The summed E-state index contributed by atoms with van der Waals surface area (Å²) in [5.41, 5.74) is 0. The third-order valence-corrected chi connectivity index (χ3v) is 1.97. The van der Waals surface area contributed by atoms with Crippen LogP contribution in [0.2, 0.25) is 0 Å². The molecule has 0 aromatic carbocycles. The molecule has 0 amide bonds. The first-order chi connectivity index (χ1) is 7.67. The Balaban J connectivity index is 2.24. The molecule has 0 spiro atoms. The summed E-state index contributed by atoms with van der Waals surface area (Å²) in [6.07, 6.45) is 3.41. The van der Waals surface area contributed by atoms with Gasteiger partial charge >= 0.3 is 0 Å². The smallest absolute Gasteiger partial charge is 0.224 e. The van der Waals surface area contributed by atoms with Gasteiger partial charge in [-0.1, -0.05) is 0 Å². The summed E-state index contributed by atoms with van der Waals surface area (Å²) in [5.74, 6) is 2.55. The van der Waals surface area contributed by atoms with Crippen molar-refractivity contribution in [2.24, 2.45) is 7.05 Å². The normalized spacial score (nSPS) is 10.2. The minimum absolute atomic E-state index is 0.504. The van der Waals surface area contributed by atoms with Crippen LogP contribution in [0, 0.1) is 6.92 Å². The van der Waals surface area contributed by atoms with Crippen LogP contribution in [-0.4, -0.2) is 26.8 Å². The lowest BCUT2D eigenvalue weighted by atomic mass is 10.5. The number of hydrogen-bond acceptors (Lipinski definition) is 5. The second-order valence-electron chi connectivity index (χ2n) is 3.34. The Labute approximate surface area is 93.3 Å². The Morgan fingerprint density at radius 1 is 1.38 bits per heavy atom. The van der Waals surface area contributed by atoms with E-state index in [1.54, 1.807) is 30.2 Å². The quantitative estimate of drug-likeness (QED) is 0.844. The number of aromatic nitrogens is 4. The Bertz CT molecular complexity index is 494. The van der Waals surface area contributed by atoms with E-state index in [0.717, 1.165) is 5.82 Å². The molecule has 0 aliphatic heterocycles. The van der Waals surface area contributed by atoms with Crippen LogP contribution in [0.4, 0.5) is 5.82 Å². The van der Waals surface area contributed by atoms with E-state index in [1.807, 2.05) is 14.0 Å². The lowest BCUT2D eigenvalue weighted by molar-refractivity contribution is 0.459. The van der Waals surface area contributed by atoms with Gasteiger partial charge in [0, 0.05) is 20.2 Å². The van der Waals surface area contributed by atoms with Crippen LogP contribution in [-0.2, 0) is 7.05 Å². The first-order valence-electron chi connectivity index (χ1n) is 4.87. The van der Waals surface area contributed by atoms with Gasteiger partial charge < -0.3 is 10.1 Å². The van der Waals surface area contributed by atoms with E-state index in [0.29, 0.717) is 17.5 Å². The highest BCUT2D eigenvalue weighted by Gasteiger charge is 2.04. The lowest BCUT2D eigenvalue weighted by Gasteiger charge is -2.05. The van der Waals surface area contributed by atoms with E-state index in [-0.39, 0.29) is 0 Å². The fraction of sp³-hybridized carbons (Fsp3) is 0.300. The van der Waals surface area contributed by atoms with Crippen LogP contribution in [0.5, 0.6) is 11.6 Å². The Morgan fingerprint density at radius 3 is 2.81 bits per heavy atom. The fourth-order valence-electron chi connectivity index (χ4n) is 1.29. The molecule has 0 radical (unpaired) electrons. The molecule has 0 aliphatic carbocycles. The number of aryl methyl sites for hydroxylation is 2. The number of nitrogens with one attached hydrogen (secondary N) is 1. The van der Waals surface area contributed by atoms with Crippen molar-refractivity contribution >= 4 is 5.82 Å². The van der Waals surface area contributed by atoms with Gasteiger partial charge in [0.25, 0.3) is 0 Å². The van der Waals surface area contributed by atoms with E-state index >= 15 is 0 Å². The molecule has 6 heteroatoms. The predicted molar refractivity (Wildman–Crippen MR) is 59.6 cm³/mol. The van der Waals surface area contributed by atoms with Crippen LogP contribution in [0.15, 0.2) is 18.5 Å². The summed E-state index contributed by atoms with van der Waals surface area (Å²) in [7, 11) is 3.63. The molecule has 16 heavy (non-hydrogen) atoms. The molecule has 0 unspecified atom stereocenters. The van der Waals surface area contributed by atoms with Crippen LogP contribution in [0.25, 0.3) is 0 Å². The van der Waals surface area contributed by atoms with Crippen molar-refractivity contribution in [3.63, 3.8) is 0 Å². The lowest BCUT2D eigenvalue weighted by Crippen LogP contribution is -1.98. The maximum Gasteiger partial charge on any atom is 0.224 e. The van der Waals surface area contributed by atoms with E-state index < -0.39 is 0 Å². The first kappa shape index (κ1) is 10.4. The van der Waals surface area contributed by atoms with Gasteiger partial charge in [0.05, 0.1) is 12.4 Å². The zero-order valence-corrected chi connectivity index (χ0v) is 9.43. The molecule has 2 heterocycles. The third kappa shape index (κ3) is 2.28. The van der Waals surface area contributed by atoms with Crippen molar-refractivity contribution in [1.82, 2.24) is 19.7 Å². The standard InChI is InChI=1S/C10H13N5O/c1-7-13-9(11-2)4-10(14-7)16-8-5-12-15(3)6-8/h4-6H,1-3H3,(H,11,13,14). The largest absolute Gasteiger partial charge is 0.436 e. The van der Waals surface area contributed by atoms with E-state index in [4.69, 9.17) is 4.74 Å². The summed E-state index contributed by atoms with van der Waals surface area (Å²) >= 11 is 0. The van der Waals surface area contributed by atoms with Gasteiger partial charge in [0.15, 0.2) is 5.75 Å². The SMILES string of the molecule is CNc1cc(Oc2cnn(C)c2)nc(C)n1. The highest BCUT2D eigenvalue weighted by atomic mass is 16.5. The van der Waals surface area contributed by atoms with Crippen LogP contribution in [0.3, 0.4) is 0 Å². The van der Waals surface area contributed by atoms with Crippen molar-refractivity contribution in [2.45, 2.75) is 6.92 Å². The zero-order chi connectivity index (χ0) is 11.5. The molecule has 84 valence electrons. The molecule has 0 fully saturated rings. The Hall–Kier alpha value is -2.11. The number of nitrogens with zero attached hydrogens (tertiary/aromatic N) is 4. The number of hydrogen-bond donors (Lipinski definition) is 1. The summed E-state index contributed by atoms with van der Waals surface area (Å²) < 4.78 is 7.22. The van der Waals surface area contributed by atoms with Crippen LogP contribution in [0.1, 0.15) is 5.82 Å². The van der Waals surface area contributed by atoms with Crippen LogP contribution >= 0.6 is 0 Å². The molecule has 0 bridgehead atoms. The van der Waals surface area contributed by atoms with Crippen molar-refractivity contribution in [3.05, 3.63) is 24.3 Å². The summed E-state index contributed by atoms with van der Waals surface area (Å²) in [6, 6.07) is 1.74. The van der Waals surface area contributed by atoms with Gasteiger partial charge in [-0.25, -0.2) is 4.98 Å². The second kappa shape index (κ2) is 4.18. The molecule has 0 saturated heterocycles. The Morgan fingerprint density at radius 2 is 2.19 bits per heavy atom.